The lowest BCUT2D eigenvalue weighted by Crippen LogP contribution is -2.56. The van der Waals surface area contributed by atoms with Gasteiger partial charge in [0.2, 0.25) is 5.91 Å². The van der Waals surface area contributed by atoms with Crippen LogP contribution in [0.4, 0.5) is 4.79 Å². The molecule has 1 atom stereocenters. The maximum absolute atomic E-state index is 11.3. The minimum Gasteiger partial charge on any atom is -0.465 e. The van der Waals surface area contributed by atoms with Gasteiger partial charge < -0.3 is 10.4 Å². The Kier molecular flexibility index (Phi) is 3.11. The summed E-state index contributed by atoms with van der Waals surface area (Å²) in [6.07, 6.45) is 0.397. The van der Waals surface area contributed by atoms with Crippen molar-refractivity contribution in [3.8, 4) is 0 Å². The molecule has 13 heavy (non-hydrogen) atoms. The van der Waals surface area contributed by atoms with E-state index < -0.39 is 12.1 Å². The molecule has 2 N–H and O–H groups in total. The second-order valence-corrected chi connectivity index (χ2v) is 3.07. The molecule has 0 radical (unpaired) electrons. The Labute approximate surface area is 76.7 Å². The topological polar surface area (TPSA) is 69.6 Å². The van der Waals surface area contributed by atoms with E-state index in [1.807, 2.05) is 6.92 Å². The molecular weight excluding hydrogens is 172 g/mol. The average Bonchev–Trinajstić information content (AvgIpc) is 2.08. The summed E-state index contributed by atoms with van der Waals surface area (Å²) < 4.78 is 0. The van der Waals surface area contributed by atoms with Crippen molar-refractivity contribution in [3.63, 3.8) is 0 Å². The molecule has 0 aromatic carbocycles. The maximum Gasteiger partial charge on any atom is 0.408 e. The van der Waals surface area contributed by atoms with Gasteiger partial charge in [-0.1, -0.05) is 13.3 Å². The third kappa shape index (κ3) is 2.11. The van der Waals surface area contributed by atoms with E-state index in [1.165, 1.54) is 4.90 Å². The SMILES string of the molecule is CCCC1C(=O)NCCN1C(=O)O. The molecule has 2 amide bonds. The first-order chi connectivity index (χ1) is 6.16. The van der Waals surface area contributed by atoms with Crippen molar-refractivity contribution in [3.05, 3.63) is 0 Å². The molecular formula is C8H14N2O3. The largest absolute Gasteiger partial charge is 0.465 e. The van der Waals surface area contributed by atoms with Gasteiger partial charge in [0, 0.05) is 13.1 Å². The maximum atomic E-state index is 11.3. The Morgan fingerprint density at radius 3 is 3.00 bits per heavy atom. The van der Waals surface area contributed by atoms with Crippen LogP contribution in [0.5, 0.6) is 0 Å². The number of amides is 2. The van der Waals surface area contributed by atoms with E-state index in [0.717, 1.165) is 6.42 Å². The summed E-state index contributed by atoms with van der Waals surface area (Å²) in [6.45, 7) is 2.75. The highest BCUT2D eigenvalue weighted by molar-refractivity contribution is 5.86. The van der Waals surface area contributed by atoms with Gasteiger partial charge in [0.25, 0.3) is 0 Å². The molecule has 0 spiro atoms. The van der Waals surface area contributed by atoms with Crippen LogP contribution in [-0.4, -0.2) is 41.1 Å². The lowest BCUT2D eigenvalue weighted by Gasteiger charge is -2.32. The molecule has 0 aliphatic carbocycles. The number of hydrogen-bond donors (Lipinski definition) is 2. The number of carbonyl (C=O) groups excluding carboxylic acids is 1. The molecule has 74 valence electrons. The van der Waals surface area contributed by atoms with Crippen LogP contribution >= 0.6 is 0 Å². The van der Waals surface area contributed by atoms with Crippen LogP contribution in [-0.2, 0) is 4.79 Å². The van der Waals surface area contributed by atoms with E-state index in [9.17, 15) is 9.59 Å². The fourth-order valence-corrected chi connectivity index (χ4v) is 1.50. The second kappa shape index (κ2) is 4.11. The van der Waals surface area contributed by atoms with Crippen molar-refractivity contribution in [2.75, 3.05) is 13.1 Å². The lowest BCUT2D eigenvalue weighted by atomic mass is 10.1. The molecule has 0 aromatic rings. The molecule has 0 aromatic heterocycles. The van der Waals surface area contributed by atoms with Crippen LogP contribution < -0.4 is 5.32 Å². The number of piperazine rings is 1. The predicted octanol–water partition coefficient (Wildman–Crippen LogP) is 0.265. The summed E-state index contributed by atoms with van der Waals surface area (Å²) in [4.78, 5) is 23.2. The Hall–Kier alpha value is -1.26. The van der Waals surface area contributed by atoms with Crippen LogP contribution in [0.3, 0.4) is 0 Å². The minimum atomic E-state index is -1.01. The van der Waals surface area contributed by atoms with E-state index >= 15 is 0 Å². The molecule has 1 aliphatic heterocycles. The van der Waals surface area contributed by atoms with Gasteiger partial charge in [-0.15, -0.1) is 0 Å². The third-order valence-electron chi connectivity index (χ3n) is 2.14. The van der Waals surface area contributed by atoms with Crippen LogP contribution in [0, 0.1) is 0 Å². The first-order valence-electron chi connectivity index (χ1n) is 4.44. The zero-order chi connectivity index (χ0) is 9.84. The van der Waals surface area contributed by atoms with Gasteiger partial charge in [-0.05, 0) is 6.42 Å². The van der Waals surface area contributed by atoms with Gasteiger partial charge in [-0.25, -0.2) is 4.79 Å². The second-order valence-electron chi connectivity index (χ2n) is 3.07. The monoisotopic (exact) mass is 186 g/mol. The van der Waals surface area contributed by atoms with E-state index in [2.05, 4.69) is 5.32 Å². The average molecular weight is 186 g/mol. The Bertz CT molecular complexity index is 217. The summed E-state index contributed by atoms with van der Waals surface area (Å²) in [5.74, 6) is -0.171. The molecule has 1 unspecified atom stereocenters. The molecule has 1 saturated heterocycles. The number of carbonyl (C=O) groups is 2. The quantitative estimate of drug-likeness (QED) is 0.650. The smallest absolute Gasteiger partial charge is 0.408 e. The molecule has 1 rings (SSSR count). The van der Waals surface area contributed by atoms with Crippen LogP contribution in [0.1, 0.15) is 19.8 Å². The van der Waals surface area contributed by atoms with E-state index in [-0.39, 0.29) is 5.91 Å². The van der Waals surface area contributed by atoms with Gasteiger partial charge in [-0.2, -0.15) is 0 Å². The van der Waals surface area contributed by atoms with Crippen LogP contribution in [0.2, 0.25) is 0 Å². The molecule has 5 heteroatoms. The number of rotatable bonds is 2. The van der Waals surface area contributed by atoms with E-state index in [1.54, 1.807) is 0 Å². The van der Waals surface area contributed by atoms with Gasteiger partial charge >= 0.3 is 6.09 Å². The summed E-state index contributed by atoms with van der Waals surface area (Å²) in [7, 11) is 0. The zero-order valence-corrected chi connectivity index (χ0v) is 7.62. The van der Waals surface area contributed by atoms with Gasteiger partial charge in [0.05, 0.1) is 0 Å². The van der Waals surface area contributed by atoms with Gasteiger partial charge in [-0.3, -0.25) is 9.69 Å². The lowest BCUT2D eigenvalue weighted by molar-refractivity contribution is -0.128. The summed E-state index contributed by atoms with van der Waals surface area (Å²) in [5.41, 5.74) is 0. The fraction of sp³-hybridized carbons (Fsp3) is 0.750. The van der Waals surface area contributed by atoms with E-state index in [0.29, 0.717) is 19.5 Å². The first kappa shape index (κ1) is 9.83. The third-order valence-corrected chi connectivity index (χ3v) is 2.14. The predicted molar refractivity (Wildman–Crippen MR) is 46.4 cm³/mol. The summed E-state index contributed by atoms with van der Waals surface area (Å²) in [5, 5.41) is 11.5. The number of hydrogen-bond acceptors (Lipinski definition) is 2. The molecule has 5 nitrogen and oxygen atoms in total. The highest BCUT2D eigenvalue weighted by atomic mass is 16.4. The first-order valence-corrected chi connectivity index (χ1v) is 4.44. The number of carboxylic acid groups (broad SMARTS) is 1. The fourth-order valence-electron chi connectivity index (χ4n) is 1.50. The molecule has 1 heterocycles. The van der Waals surface area contributed by atoms with Crippen molar-refractivity contribution < 1.29 is 14.7 Å². The van der Waals surface area contributed by atoms with Crippen molar-refractivity contribution in [2.45, 2.75) is 25.8 Å². The van der Waals surface area contributed by atoms with Crippen LogP contribution in [0.25, 0.3) is 0 Å². The van der Waals surface area contributed by atoms with Crippen molar-refractivity contribution in [1.82, 2.24) is 10.2 Å². The Morgan fingerprint density at radius 1 is 1.77 bits per heavy atom. The van der Waals surface area contributed by atoms with E-state index in [4.69, 9.17) is 5.11 Å². The van der Waals surface area contributed by atoms with Gasteiger partial charge in [0.1, 0.15) is 6.04 Å². The highest BCUT2D eigenvalue weighted by Gasteiger charge is 2.31. The standard InChI is InChI=1S/C8H14N2O3/c1-2-3-6-7(11)9-4-5-10(6)8(12)13/h6H,2-5H2,1H3,(H,9,11)(H,12,13). The molecule has 0 saturated carbocycles. The molecule has 0 bridgehead atoms. The zero-order valence-electron chi connectivity index (χ0n) is 7.62. The highest BCUT2D eigenvalue weighted by Crippen LogP contribution is 2.10. The van der Waals surface area contributed by atoms with Crippen molar-refractivity contribution in [2.24, 2.45) is 0 Å². The summed E-state index contributed by atoms with van der Waals surface area (Å²) >= 11 is 0. The normalized spacial score (nSPS) is 22.7. The Balaban J connectivity index is 2.67. The molecule has 1 fully saturated rings. The summed E-state index contributed by atoms with van der Waals surface area (Å²) in [6, 6.07) is -0.490. The number of nitrogens with one attached hydrogen (secondary N) is 1. The minimum absolute atomic E-state index is 0.171. The van der Waals surface area contributed by atoms with Crippen molar-refractivity contribution in [1.29, 1.82) is 0 Å². The Morgan fingerprint density at radius 2 is 2.46 bits per heavy atom. The van der Waals surface area contributed by atoms with Crippen molar-refractivity contribution >= 4 is 12.0 Å². The molecule has 1 aliphatic rings. The number of nitrogens with zero attached hydrogens (tertiary/aromatic N) is 1. The van der Waals surface area contributed by atoms with Crippen LogP contribution in [0.15, 0.2) is 0 Å². The van der Waals surface area contributed by atoms with Gasteiger partial charge in [0.15, 0.2) is 0 Å².